The fraction of sp³-hybridized carbons (Fsp3) is 0.517. The van der Waals surface area contributed by atoms with Crippen molar-refractivity contribution in [2.75, 3.05) is 32.8 Å². The van der Waals surface area contributed by atoms with E-state index in [1.165, 1.54) is 17.0 Å². The maximum absolute atomic E-state index is 15.8. The second kappa shape index (κ2) is 10.8. The summed E-state index contributed by atoms with van der Waals surface area (Å²) in [6.45, 7) is 3.59. The molecule has 3 aromatic rings. The van der Waals surface area contributed by atoms with Crippen molar-refractivity contribution in [3.63, 3.8) is 0 Å². The number of rotatable bonds is 9. The number of aliphatic hydroxyl groups excluding tert-OH is 2. The van der Waals surface area contributed by atoms with E-state index in [1.54, 1.807) is 13.0 Å². The average Bonchev–Trinajstić information content (AvgIpc) is 3.20. The van der Waals surface area contributed by atoms with Gasteiger partial charge in [0.05, 0.1) is 18.7 Å². The summed E-state index contributed by atoms with van der Waals surface area (Å²) < 4.78 is 74.5. The van der Waals surface area contributed by atoms with Crippen LogP contribution < -0.4 is 0 Å². The van der Waals surface area contributed by atoms with Crippen molar-refractivity contribution >= 4 is 10.9 Å². The van der Waals surface area contributed by atoms with E-state index in [-0.39, 0.29) is 17.9 Å². The first-order chi connectivity index (χ1) is 18.5. The zero-order valence-electron chi connectivity index (χ0n) is 22.0. The van der Waals surface area contributed by atoms with Gasteiger partial charge in [0.15, 0.2) is 0 Å². The first-order valence-corrected chi connectivity index (χ1v) is 13.5. The molecule has 0 radical (unpaired) electrons. The zero-order chi connectivity index (χ0) is 28.1. The molecule has 3 heterocycles. The number of aromatic nitrogens is 1. The van der Waals surface area contributed by atoms with Crippen molar-refractivity contribution in [1.29, 1.82) is 0 Å². The average molecular weight is 552 g/mol. The lowest BCUT2D eigenvalue weighted by molar-refractivity contribution is -0.0869. The topological polar surface area (TPSA) is 62.7 Å². The molecule has 2 aromatic carbocycles. The fourth-order valence-electron chi connectivity index (χ4n) is 6.09. The van der Waals surface area contributed by atoms with Crippen LogP contribution in [0.4, 0.5) is 22.0 Å². The summed E-state index contributed by atoms with van der Waals surface area (Å²) in [6.07, 6.45) is 1.31. The summed E-state index contributed by atoms with van der Waals surface area (Å²) >= 11 is 0. The van der Waals surface area contributed by atoms with Gasteiger partial charge in [0, 0.05) is 47.2 Å². The number of H-pyrrole nitrogens is 1. The van der Waals surface area contributed by atoms with Gasteiger partial charge < -0.3 is 20.1 Å². The highest BCUT2D eigenvalue weighted by atomic mass is 19.3. The maximum Gasteiger partial charge on any atom is 0.283 e. The number of aliphatic hydroxyl groups is 2. The first-order valence-electron chi connectivity index (χ1n) is 13.5. The minimum atomic E-state index is -3.51. The summed E-state index contributed by atoms with van der Waals surface area (Å²) in [5, 5.41) is 20.8. The van der Waals surface area contributed by atoms with E-state index in [4.69, 9.17) is 0 Å². The molecule has 1 fully saturated rings. The minimum Gasteiger partial charge on any atom is -0.390 e. The van der Waals surface area contributed by atoms with Gasteiger partial charge in [0.1, 0.15) is 24.1 Å². The van der Waals surface area contributed by atoms with Crippen LogP contribution in [0.15, 0.2) is 30.3 Å². The van der Waals surface area contributed by atoms with Crippen LogP contribution in [0.1, 0.15) is 61.2 Å². The predicted octanol–water partition coefficient (Wildman–Crippen LogP) is 5.31. The van der Waals surface area contributed by atoms with Crippen molar-refractivity contribution in [2.45, 2.75) is 57.2 Å². The Kier molecular flexibility index (Phi) is 7.76. The smallest absolute Gasteiger partial charge is 0.283 e. The molecule has 3 N–H and O–H groups in total. The Bertz CT molecular complexity index is 1320. The van der Waals surface area contributed by atoms with E-state index in [1.807, 2.05) is 0 Å². The number of halogens is 5. The molecule has 2 aliphatic heterocycles. The molecule has 1 aromatic heterocycles. The Morgan fingerprint density at radius 1 is 1.10 bits per heavy atom. The van der Waals surface area contributed by atoms with Crippen LogP contribution in [0.5, 0.6) is 0 Å². The number of unbranched alkanes of at least 4 members (excludes halogenated alkanes) is 1. The molecule has 3 atom stereocenters. The number of alkyl halides is 2. The van der Waals surface area contributed by atoms with E-state index >= 15 is 8.78 Å². The van der Waals surface area contributed by atoms with Crippen molar-refractivity contribution in [1.82, 2.24) is 14.8 Å². The van der Waals surface area contributed by atoms with Gasteiger partial charge in [-0.25, -0.2) is 22.0 Å². The van der Waals surface area contributed by atoms with Crippen molar-refractivity contribution in [2.24, 2.45) is 5.92 Å². The van der Waals surface area contributed by atoms with Gasteiger partial charge in [0.25, 0.3) is 5.92 Å². The molecule has 0 amide bonds. The third kappa shape index (κ3) is 5.31. The van der Waals surface area contributed by atoms with Gasteiger partial charge in [-0.1, -0.05) is 13.3 Å². The summed E-state index contributed by atoms with van der Waals surface area (Å²) in [5.41, 5.74) is 1.05. The number of hydrogen-bond donors (Lipinski definition) is 3. The van der Waals surface area contributed by atoms with Crippen LogP contribution in [0.2, 0.25) is 0 Å². The van der Waals surface area contributed by atoms with Crippen LogP contribution in [0, 0.1) is 23.4 Å². The molecule has 5 nitrogen and oxygen atoms in total. The normalized spacial score (nSPS) is 21.8. The van der Waals surface area contributed by atoms with Crippen LogP contribution in [0.3, 0.4) is 0 Å². The van der Waals surface area contributed by atoms with Crippen LogP contribution >= 0.6 is 0 Å². The van der Waals surface area contributed by atoms with Gasteiger partial charge in [0.2, 0.25) is 0 Å². The molecule has 0 saturated carbocycles. The highest BCUT2D eigenvalue weighted by Crippen LogP contribution is 2.44. The number of fused-ring (bicyclic) bond motifs is 3. The highest BCUT2D eigenvalue weighted by Gasteiger charge is 2.44. The zero-order valence-corrected chi connectivity index (χ0v) is 22.0. The molecule has 0 bridgehead atoms. The maximum atomic E-state index is 15.8. The number of benzene rings is 2. The van der Waals surface area contributed by atoms with E-state index < -0.39 is 60.3 Å². The summed E-state index contributed by atoms with van der Waals surface area (Å²) in [7, 11) is 0. The molecule has 5 rings (SSSR count). The van der Waals surface area contributed by atoms with E-state index in [9.17, 15) is 23.4 Å². The molecule has 0 aliphatic carbocycles. The van der Waals surface area contributed by atoms with E-state index in [0.29, 0.717) is 35.2 Å². The third-order valence-corrected chi connectivity index (χ3v) is 8.19. The SMILES string of the molecule is CCCCN1CC([C@@H](O)c2cc(F)c([C@@H]3c4[nH]c5cc(F)ccc5c4C[C@@H](C)N3CC(F)(F)CO)c(F)c2)C1. The van der Waals surface area contributed by atoms with Crippen molar-refractivity contribution in [3.05, 3.63) is 70.2 Å². The van der Waals surface area contributed by atoms with Gasteiger partial charge in [-0.05, 0) is 67.8 Å². The number of nitrogens with one attached hydrogen (secondary N) is 1. The monoisotopic (exact) mass is 551 g/mol. The molecule has 39 heavy (non-hydrogen) atoms. The standard InChI is InChI=1S/C29H34F5N3O2/c1-3-4-7-36-12-18(13-36)28(39)17-9-22(31)25(23(32)10-17)27-26-21(20-6-5-19(30)11-24(20)35-26)8-16(2)37(27)14-29(33,34)15-38/h5-6,9-11,16,18,27-28,35,38-39H,3-4,7-8,12-15H2,1-2H3/t16-,27-,28+/m1/s1. The number of hydrogen-bond acceptors (Lipinski definition) is 4. The quantitative estimate of drug-likeness (QED) is 0.316. The predicted molar refractivity (Wildman–Crippen MR) is 138 cm³/mol. The summed E-state index contributed by atoms with van der Waals surface area (Å²) in [6, 6.07) is 4.42. The van der Waals surface area contributed by atoms with Crippen molar-refractivity contribution in [3.8, 4) is 0 Å². The van der Waals surface area contributed by atoms with Crippen molar-refractivity contribution < 1.29 is 32.2 Å². The Hall–Kier alpha value is -2.53. The van der Waals surface area contributed by atoms with Crippen LogP contribution in [-0.2, 0) is 6.42 Å². The number of aromatic amines is 1. The minimum absolute atomic E-state index is 0.101. The van der Waals surface area contributed by atoms with Crippen LogP contribution in [-0.4, -0.2) is 69.7 Å². The lowest BCUT2D eigenvalue weighted by atomic mass is 9.85. The number of nitrogens with zero attached hydrogens (tertiary/aromatic N) is 2. The molecule has 2 aliphatic rings. The Morgan fingerprint density at radius 3 is 2.44 bits per heavy atom. The van der Waals surface area contributed by atoms with Crippen LogP contribution in [0.25, 0.3) is 10.9 Å². The molecule has 0 spiro atoms. The fourth-order valence-corrected chi connectivity index (χ4v) is 6.09. The molecule has 10 heteroatoms. The Morgan fingerprint density at radius 2 is 1.79 bits per heavy atom. The molecular formula is C29H34F5N3O2. The lowest BCUT2D eigenvalue weighted by Gasteiger charge is -2.43. The van der Waals surface area contributed by atoms with E-state index in [2.05, 4.69) is 16.8 Å². The largest absolute Gasteiger partial charge is 0.390 e. The molecule has 1 saturated heterocycles. The van der Waals surface area contributed by atoms with Gasteiger partial charge in [-0.2, -0.15) is 0 Å². The highest BCUT2D eigenvalue weighted by molar-refractivity contribution is 5.85. The lowest BCUT2D eigenvalue weighted by Crippen LogP contribution is -2.50. The number of likely N-dealkylation sites (tertiary alicyclic amines) is 1. The Labute approximate surface area is 224 Å². The second-order valence-electron chi connectivity index (χ2n) is 11.1. The second-order valence-corrected chi connectivity index (χ2v) is 11.1. The van der Waals surface area contributed by atoms with Gasteiger partial charge in [-0.15, -0.1) is 0 Å². The van der Waals surface area contributed by atoms with Gasteiger partial charge >= 0.3 is 0 Å². The molecule has 212 valence electrons. The summed E-state index contributed by atoms with van der Waals surface area (Å²) in [5.74, 6) is -6.10. The first kappa shape index (κ1) is 28.0. The summed E-state index contributed by atoms with van der Waals surface area (Å²) in [4.78, 5) is 6.49. The molecular weight excluding hydrogens is 517 g/mol. The Balaban J connectivity index is 1.54. The molecule has 0 unspecified atom stereocenters. The van der Waals surface area contributed by atoms with E-state index in [0.717, 1.165) is 31.5 Å². The van der Waals surface area contributed by atoms with Gasteiger partial charge in [-0.3, -0.25) is 4.90 Å². The third-order valence-electron chi connectivity index (χ3n) is 8.19.